The third-order valence-electron chi connectivity index (χ3n) is 3.43. The lowest BCUT2D eigenvalue weighted by molar-refractivity contribution is 0.304. The van der Waals surface area contributed by atoms with E-state index < -0.39 is 0 Å². The first-order valence-electron chi connectivity index (χ1n) is 6.48. The second-order valence-electron chi connectivity index (χ2n) is 4.93. The Labute approximate surface area is 111 Å². The van der Waals surface area contributed by atoms with Crippen LogP contribution in [0, 0.1) is 0 Å². The molecule has 0 aromatic carbocycles. The maximum atomic E-state index is 12.0. The quantitative estimate of drug-likeness (QED) is 0.786. The van der Waals surface area contributed by atoms with Crippen LogP contribution in [0.3, 0.4) is 0 Å². The number of aryl methyl sites for hydroxylation is 2. The van der Waals surface area contributed by atoms with E-state index in [-0.39, 0.29) is 5.56 Å². The number of nitrogens with zero attached hydrogens (tertiary/aromatic N) is 5. The maximum Gasteiger partial charge on any atom is 0.267 e. The van der Waals surface area contributed by atoms with Crippen LogP contribution in [-0.2, 0) is 26.1 Å². The Morgan fingerprint density at radius 3 is 3.05 bits per heavy atom. The molecule has 3 rings (SSSR count). The van der Waals surface area contributed by atoms with Crippen LogP contribution in [0.25, 0.3) is 0 Å². The molecule has 2 aromatic heterocycles. The highest BCUT2D eigenvalue weighted by atomic mass is 16.1. The Kier molecular flexibility index (Phi) is 3.16. The van der Waals surface area contributed by atoms with Crippen molar-refractivity contribution < 1.29 is 0 Å². The van der Waals surface area contributed by atoms with Crippen molar-refractivity contribution in [3.8, 4) is 0 Å². The number of rotatable bonds is 3. The number of likely N-dealkylation sites (N-methyl/N-ethyl adjacent to an activating group) is 1. The summed E-state index contributed by atoms with van der Waals surface area (Å²) >= 11 is 0. The SMILES string of the molecule is CN1CCc2nn(CCn3cccn3)c(=O)cc2C1. The van der Waals surface area contributed by atoms with Crippen LogP contribution in [0.2, 0.25) is 0 Å². The molecule has 6 heteroatoms. The fourth-order valence-electron chi connectivity index (χ4n) is 2.37. The predicted molar refractivity (Wildman–Crippen MR) is 70.8 cm³/mol. The first kappa shape index (κ1) is 12.1. The summed E-state index contributed by atoms with van der Waals surface area (Å²) in [6, 6.07) is 3.60. The second-order valence-corrected chi connectivity index (χ2v) is 4.93. The number of aromatic nitrogens is 4. The molecule has 19 heavy (non-hydrogen) atoms. The van der Waals surface area contributed by atoms with Crippen molar-refractivity contribution in [3.05, 3.63) is 46.1 Å². The summed E-state index contributed by atoms with van der Waals surface area (Å²) in [6.45, 7) is 3.04. The van der Waals surface area contributed by atoms with Gasteiger partial charge in [-0.05, 0) is 18.7 Å². The molecule has 3 heterocycles. The highest BCUT2D eigenvalue weighted by molar-refractivity contribution is 5.20. The van der Waals surface area contributed by atoms with Crippen LogP contribution in [0.1, 0.15) is 11.3 Å². The van der Waals surface area contributed by atoms with E-state index in [0.717, 1.165) is 30.8 Å². The zero-order valence-electron chi connectivity index (χ0n) is 11.0. The molecule has 2 aromatic rings. The Balaban J connectivity index is 1.80. The van der Waals surface area contributed by atoms with Crippen LogP contribution < -0.4 is 5.56 Å². The first-order valence-corrected chi connectivity index (χ1v) is 6.48. The minimum absolute atomic E-state index is 0.0267. The van der Waals surface area contributed by atoms with Gasteiger partial charge in [-0.15, -0.1) is 0 Å². The average molecular weight is 259 g/mol. The molecule has 0 saturated heterocycles. The third kappa shape index (κ3) is 2.58. The Bertz CT molecular complexity index is 616. The second kappa shape index (κ2) is 4.97. The lowest BCUT2D eigenvalue weighted by Gasteiger charge is -2.24. The Hall–Kier alpha value is -1.95. The highest BCUT2D eigenvalue weighted by Gasteiger charge is 2.16. The van der Waals surface area contributed by atoms with E-state index in [1.54, 1.807) is 21.6 Å². The molecule has 0 atom stereocenters. The summed E-state index contributed by atoms with van der Waals surface area (Å²) in [6.07, 6.45) is 4.53. The first-order chi connectivity index (χ1) is 9.22. The molecule has 0 fully saturated rings. The number of hydrogen-bond acceptors (Lipinski definition) is 4. The van der Waals surface area contributed by atoms with Gasteiger partial charge in [0.05, 0.1) is 18.8 Å². The van der Waals surface area contributed by atoms with Gasteiger partial charge in [0.1, 0.15) is 0 Å². The van der Waals surface area contributed by atoms with Crippen molar-refractivity contribution >= 4 is 0 Å². The van der Waals surface area contributed by atoms with Crippen molar-refractivity contribution in [2.45, 2.75) is 26.1 Å². The molecule has 6 nitrogen and oxygen atoms in total. The third-order valence-corrected chi connectivity index (χ3v) is 3.43. The van der Waals surface area contributed by atoms with Gasteiger partial charge in [0.2, 0.25) is 0 Å². The van der Waals surface area contributed by atoms with Gasteiger partial charge in [-0.25, -0.2) is 4.68 Å². The molecule has 100 valence electrons. The Morgan fingerprint density at radius 1 is 1.37 bits per heavy atom. The van der Waals surface area contributed by atoms with Crippen LogP contribution >= 0.6 is 0 Å². The van der Waals surface area contributed by atoms with Crippen molar-refractivity contribution in [1.82, 2.24) is 24.5 Å². The normalized spacial score (nSPS) is 15.4. The molecule has 0 amide bonds. The summed E-state index contributed by atoms with van der Waals surface area (Å²) in [5.74, 6) is 0. The monoisotopic (exact) mass is 259 g/mol. The van der Waals surface area contributed by atoms with Crippen LogP contribution in [0.15, 0.2) is 29.3 Å². The van der Waals surface area contributed by atoms with Crippen LogP contribution in [-0.4, -0.2) is 38.1 Å². The van der Waals surface area contributed by atoms with Crippen molar-refractivity contribution in [1.29, 1.82) is 0 Å². The van der Waals surface area contributed by atoms with E-state index in [1.165, 1.54) is 0 Å². The fraction of sp³-hybridized carbons (Fsp3) is 0.462. The standard InChI is InChI=1S/C13H17N5O/c1-16-6-3-12-11(10-16)9-13(19)18(15-12)8-7-17-5-2-4-14-17/h2,4-5,9H,3,6-8,10H2,1H3. The summed E-state index contributed by atoms with van der Waals surface area (Å²) in [5, 5.41) is 8.61. The minimum Gasteiger partial charge on any atom is -0.302 e. The fourth-order valence-corrected chi connectivity index (χ4v) is 2.37. The molecule has 0 radical (unpaired) electrons. The average Bonchev–Trinajstić information content (AvgIpc) is 2.89. The van der Waals surface area contributed by atoms with Gasteiger partial charge in [0, 0.05) is 38.0 Å². The summed E-state index contributed by atoms with van der Waals surface area (Å²) in [5.41, 5.74) is 2.09. The minimum atomic E-state index is -0.0267. The molecule has 0 saturated carbocycles. The summed E-state index contributed by atoms with van der Waals surface area (Å²) in [4.78, 5) is 14.2. The van der Waals surface area contributed by atoms with E-state index in [4.69, 9.17) is 0 Å². The van der Waals surface area contributed by atoms with E-state index in [2.05, 4.69) is 22.1 Å². The molecule has 0 bridgehead atoms. The molecule has 1 aliphatic heterocycles. The zero-order valence-corrected chi connectivity index (χ0v) is 11.0. The highest BCUT2D eigenvalue weighted by Crippen LogP contribution is 2.12. The van der Waals surface area contributed by atoms with E-state index in [0.29, 0.717) is 13.1 Å². The van der Waals surface area contributed by atoms with Crippen LogP contribution in [0.4, 0.5) is 0 Å². The van der Waals surface area contributed by atoms with Gasteiger partial charge >= 0.3 is 0 Å². The van der Waals surface area contributed by atoms with Crippen molar-refractivity contribution in [3.63, 3.8) is 0 Å². The predicted octanol–water partition coefficient (Wildman–Crippen LogP) is 0.128. The zero-order chi connectivity index (χ0) is 13.2. The molecule has 0 aliphatic carbocycles. The largest absolute Gasteiger partial charge is 0.302 e. The molecule has 1 aliphatic rings. The van der Waals surface area contributed by atoms with Gasteiger partial charge in [0.25, 0.3) is 5.56 Å². The molecule has 0 unspecified atom stereocenters. The van der Waals surface area contributed by atoms with Gasteiger partial charge in [0.15, 0.2) is 0 Å². The topological polar surface area (TPSA) is 56.0 Å². The van der Waals surface area contributed by atoms with E-state index >= 15 is 0 Å². The van der Waals surface area contributed by atoms with E-state index in [1.807, 2.05) is 12.3 Å². The van der Waals surface area contributed by atoms with Crippen LogP contribution in [0.5, 0.6) is 0 Å². The lowest BCUT2D eigenvalue weighted by Crippen LogP contribution is -2.33. The van der Waals surface area contributed by atoms with Crippen molar-refractivity contribution in [2.75, 3.05) is 13.6 Å². The van der Waals surface area contributed by atoms with Gasteiger partial charge < -0.3 is 4.90 Å². The molecular weight excluding hydrogens is 242 g/mol. The van der Waals surface area contributed by atoms with E-state index in [9.17, 15) is 4.79 Å². The number of fused-ring (bicyclic) bond motifs is 1. The summed E-state index contributed by atoms with van der Waals surface area (Å²) < 4.78 is 3.35. The van der Waals surface area contributed by atoms with Gasteiger partial charge in [-0.3, -0.25) is 9.48 Å². The smallest absolute Gasteiger partial charge is 0.267 e. The van der Waals surface area contributed by atoms with Crippen molar-refractivity contribution in [2.24, 2.45) is 0 Å². The Morgan fingerprint density at radius 2 is 2.26 bits per heavy atom. The van der Waals surface area contributed by atoms with Gasteiger partial charge in [-0.1, -0.05) is 0 Å². The number of hydrogen-bond donors (Lipinski definition) is 0. The summed E-state index contributed by atoms with van der Waals surface area (Å²) in [7, 11) is 2.06. The maximum absolute atomic E-state index is 12.0. The molecular formula is C13H17N5O. The van der Waals surface area contributed by atoms with Gasteiger partial charge in [-0.2, -0.15) is 10.2 Å². The lowest BCUT2D eigenvalue weighted by atomic mass is 10.1. The molecule has 0 N–H and O–H groups in total. The molecule has 0 spiro atoms.